The summed E-state index contributed by atoms with van der Waals surface area (Å²) in [5.41, 5.74) is 5.30. The van der Waals surface area contributed by atoms with Crippen molar-refractivity contribution < 1.29 is 13.6 Å². The Labute approximate surface area is 109 Å². The molecule has 0 radical (unpaired) electrons. The minimum absolute atomic E-state index is 0.380. The van der Waals surface area contributed by atoms with Crippen LogP contribution in [-0.2, 0) is 0 Å². The van der Waals surface area contributed by atoms with Gasteiger partial charge in [0.05, 0.1) is 13.1 Å². The van der Waals surface area contributed by atoms with Crippen molar-refractivity contribution in [2.45, 2.75) is 5.92 Å². The van der Waals surface area contributed by atoms with Crippen molar-refractivity contribution in [1.29, 1.82) is 0 Å². The Balaban J connectivity index is 2.23. The van der Waals surface area contributed by atoms with E-state index in [-0.39, 0.29) is 0 Å². The van der Waals surface area contributed by atoms with Crippen LogP contribution in [0.1, 0.15) is 10.4 Å². The van der Waals surface area contributed by atoms with Crippen molar-refractivity contribution in [1.82, 2.24) is 5.32 Å². The molecule has 3 N–H and O–H groups in total. The van der Waals surface area contributed by atoms with Gasteiger partial charge in [-0.15, -0.1) is 0 Å². The molecule has 0 unspecified atom stereocenters. The van der Waals surface area contributed by atoms with E-state index in [4.69, 9.17) is 5.73 Å². The third kappa shape index (κ3) is 3.06. The highest BCUT2D eigenvalue weighted by Gasteiger charge is 2.27. The number of carbonyl (C=O) groups is 1. The van der Waals surface area contributed by atoms with E-state index in [9.17, 15) is 13.6 Å². The zero-order valence-corrected chi connectivity index (χ0v) is 10.2. The van der Waals surface area contributed by atoms with Gasteiger partial charge in [-0.05, 0) is 16.8 Å². The number of benzene rings is 2. The number of amides is 1. The molecular weight excluding hydrogens is 250 g/mol. The van der Waals surface area contributed by atoms with Gasteiger partial charge in [0.25, 0.3) is 11.8 Å². The van der Waals surface area contributed by atoms with E-state index in [0.717, 1.165) is 10.8 Å². The number of fused-ring (bicyclic) bond motifs is 1. The van der Waals surface area contributed by atoms with Gasteiger partial charge in [0.2, 0.25) is 0 Å². The second-order valence-corrected chi connectivity index (χ2v) is 4.27. The Morgan fingerprint density at radius 2 is 1.84 bits per heavy atom. The van der Waals surface area contributed by atoms with Crippen molar-refractivity contribution >= 4 is 16.7 Å². The lowest BCUT2D eigenvalue weighted by Crippen LogP contribution is -2.41. The van der Waals surface area contributed by atoms with E-state index in [0.29, 0.717) is 5.56 Å². The largest absolute Gasteiger partial charge is 0.346 e. The second kappa shape index (κ2) is 5.32. The molecule has 0 heterocycles. The number of alkyl halides is 2. The van der Waals surface area contributed by atoms with E-state index < -0.39 is 24.9 Å². The third-order valence-corrected chi connectivity index (χ3v) is 2.84. The highest BCUT2D eigenvalue weighted by Crippen LogP contribution is 2.18. The van der Waals surface area contributed by atoms with Gasteiger partial charge in [-0.25, -0.2) is 8.78 Å². The van der Waals surface area contributed by atoms with Gasteiger partial charge in [-0.3, -0.25) is 4.79 Å². The van der Waals surface area contributed by atoms with Crippen molar-refractivity contribution in [2.75, 3.05) is 13.1 Å². The van der Waals surface area contributed by atoms with Crippen LogP contribution in [0.5, 0.6) is 0 Å². The smallest absolute Gasteiger partial charge is 0.277 e. The molecule has 2 aromatic carbocycles. The van der Waals surface area contributed by atoms with Gasteiger partial charge in [0, 0.05) is 5.56 Å². The number of carbonyl (C=O) groups excluding carboxylic acids is 1. The third-order valence-electron chi connectivity index (χ3n) is 2.84. The Bertz CT molecular complexity index is 594. The summed E-state index contributed by atoms with van der Waals surface area (Å²) in [5.74, 6) is -3.61. The van der Waals surface area contributed by atoms with Gasteiger partial charge < -0.3 is 11.1 Å². The fourth-order valence-electron chi connectivity index (χ4n) is 1.80. The molecule has 1 amide bonds. The van der Waals surface area contributed by atoms with E-state index in [1.807, 2.05) is 18.2 Å². The summed E-state index contributed by atoms with van der Waals surface area (Å²) in [6.45, 7) is -1.55. The number of hydrogen-bond acceptors (Lipinski definition) is 2. The lowest BCUT2D eigenvalue weighted by Gasteiger charge is -2.15. The van der Waals surface area contributed by atoms with Gasteiger partial charge in [-0.2, -0.15) is 0 Å². The van der Waals surface area contributed by atoms with Crippen LogP contribution < -0.4 is 11.1 Å². The fourth-order valence-corrected chi connectivity index (χ4v) is 1.80. The fraction of sp³-hybridized carbons (Fsp3) is 0.214. The molecule has 0 fully saturated rings. The summed E-state index contributed by atoms with van der Waals surface area (Å²) >= 11 is 0. The predicted molar refractivity (Wildman–Crippen MR) is 70.3 cm³/mol. The van der Waals surface area contributed by atoms with Crippen LogP contribution >= 0.6 is 0 Å². The summed E-state index contributed by atoms with van der Waals surface area (Å²) in [4.78, 5) is 11.9. The molecule has 0 spiro atoms. The van der Waals surface area contributed by atoms with Gasteiger partial charge in [0.1, 0.15) is 0 Å². The molecule has 0 aliphatic heterocycles. The molecule has 0 atom stereocenters. The molecule has 0 aromatic heterocycles. The first-order valence-corrected chi connectivity index (χ1v) is 5.87. The van der Waals surface area contributed by atoms with Crippen molar-refractivity contribution in [3.63, 3.8) is 0 Å². The van der Waals surface area contributed by atoms with E-state index >= 15 is 0 Å². The number of halogens is 2. The zero-order valence-electron chi connectivity index (χ0n) is 10.2. The van der Waals surface area contributed by atoms with Crippen molar-refractivity contribution in [3.05, 3.63) is 48.0 Å². The molecule has 0 saturated carbocycles. The maximum Gasteiger partial charge on any atom is 0.277 e. The predicted octanol–water partition coefficient (Wildman–Crippen LogP) is 2.16. The normalized spacial score (nSPS) is 11.5. The number of rotatable bonds is 4. The lowest BCUT2D eigenvalue weighted by molar-refractivity contribution is 0.0119. The maximum atomic E-state index is 13.0. The molecular formula is C14H14F2N2O. The maximum absolute atomic E-state index is 13.0. The molecule has 100 valence electrons. The number of hydrogen-bond donors (Lipinski definition) is 2. The van der Waals surface area contributed by atoms with Crippen LogP contribution in [-0.4, -0.2) is 24.9 Å². The van der Waals surface area contributed by atoms with E-state index in [1.54, 1.807) is 24.3 Å². The summed E-state index contributed by atoms with van der Waals surface area (Å²) in [5, 5.41) is 3.84. The SMILES string of the molecule is NCC(F)(F)CNC(=O)c1cccc2ccccc12. The van der Waals surface area contributed by atoms with Crippen LogP contribution in [0, 0.1) is 0 Å². The molecule has 0 saturated heterocycles. The molecule has 0 aliphatic rings. The highest BCUT2D eigenvalue weighted by atomic mass is 19.3. The highest BCUT2D eigenvalue weighted by molar-refractivity contribution is 6.07. The minimum Gasteiger partial charge on any atom is -0.346 e. The molecule has 19 heavy (non-hydrogen) atoms. The molecule has 0 aliphatic carbocycles. The lowest BCUT2D eigenvalue weighted by atomic mass is 10.0. The first-order valence-electron chi connectivity index (χ1n) is 5.87. The van der Waals surface area contributed by atoms with Gasteiger partial charge >= 0.3 is 0 Å². The molecule has 0 bridgehead atoms. The number of nitrogens with one attached hydrogen (secondary N) is 1. The molecule has 3 nitrogen and oxygen atoms in total. The Morgan fingerprint density at radius 1 is 1.16 bits per heavy atom. The van der Waals surface area contributed by atoms with Crippen LogP contribution in [0.4, 0.5) is 8.78 Å². The summed E-state index contributed by atoms with van der Waals surface area (Å²) < 4.78 is 26.0. The Hall–Kier alpha value is -2.01. The first kappa shape index (κ1) is 13.4. The Morgan fingerprint density at radius 3 is 2.58 bits per heavy atom. The molecule has 5 heteroatoms. The average Bonchev–Trinajstić information content (AvgIpc) is 2.44. The van der Waals surface area contributed by atoms with Gasteiger partial charge in [0.15, 0.2) is 0 Å². The summed E-state index contributed by atoms with van der Waals surface area (Å²) in [7, 11) is 0. The average molecular weight is 264 g/mol. The molecule has 2 aromatic rings. The first-order chi connectivity index (χ1) is 9.03. The monoisotopic (exact) mass is 264 g/mol. The van der Waals surface area contributed by atoms with Crippen LogP contribution in [0.25, 0.3) is 10.8 Å². The molecule has 2 rings (SSSR count). The van der Waals surface area contributed by atoms with Crippen molar-refractivity contribution in [3.8, 4) is 0 Å². The standard InChI is InChI=1S/C14H14F2N2O/c15-14(16,8-17)9-18-13(19)12-7-3-5-10-4-1-2-6-11(10)12/h1-7H,8-9,17H2,(H,18,19). The van der Waals surface area contributed by atoms with E-state index in [1.165, 1.54) is 0 Å². The summed E-state index contributed by atoms with van der Waals surface area (Å²) in [6, 6.07) is 12.5. The Kier molecular flexibility index (Phi) is 3.76. The summed E-state index contributed by atoms with van der Waals surface area (Å²) in [6.07, 6.45) is 0. The van der Waals surface area contributed by atoms with Crippen LogP contribution in [0.2, 0.25) is 0 Å². The number of nitrogens with two attached hydrogens (primary N) is 1. The minimum atomic E-state index is -3.08. The van der Waals surface area contributed by atoms with Crippen molar-refractivity contribution in [2.24, 2.45) is 5.73 Å². The van der Waals surface area contributed by atoms with Crippen LogP contribution in [0.3, 0.4) is 0 Å². The second-order valence-electron chi connectivity index (χ2n) is 4.27. The van der Waals surface area contributed by atoms with Crippen LogP contribution in [0.15, 0.2) is 42.5 Å². The quantitative estimate of drug-likeness (QED) is 0.889. The topological polar surface area (TPSA) is 55.1 Å². The van der Waals surface area contributed by atoms with E-state index in [2.05, 4.69) is 5.32 Å². The zero-order chi connectivity index (χ0) is 13.9. The van der Waals surface area contributed by atoms with Gasteiger partial charge in [-0.1, -0.05) is 36.4 Å².